The Bertz CT molecular complexity index is 511. The number of methoxy groups -OCH3 is 1. The van der Waals surface area contributed by atoms with Gasteiger partial charge in [-0.05, 0) is 50.9 Å². The van der Waals surface area contributed by atoms with Crippen LogP contribution in [0.4, 0.5) is 5.69 Å². The van der Waals surface area contributed by atoms with Gasteiger partial charge in [0.2, 0.25) is 10.0 Å². The van der Waals surface area contributed by atoms with E-state index in [2.05, 4.69) is 36.6 Å². The molecule has 0 amide bonds. The largest absolute Gasteiger partial charge is 0.399 e. The molecule has 1 rings (SSSR count). The topological polar surface area (TPSA) is 81.4 Å². The van der Waals surface area contributed by atoms with Gasteiger partial charge >= 0.3 is 0 Å². The van der Waals surface area contributed by atoms with Crippen LogP contribution < -0.4 is 10.5 Å². The molecule has 1 atom stereocenters. The molecule has 1 aromatic rings. The van der Waals surface area contributed by atoms with Crippen molar-refractivity contribution in [1.82, 2.24) is 4.72 Å². The second kappa shape index (κ2) is 6.33. The van der Waals surface area contributed by atoms with E-state index in [1.54, 1.807) is 19.1 Å². The Morgan fingerprint density at radius 1 is 1.39 bits per heavy atom. The number of sulfonamides is 1. The molecule has 0 aliphatic carbocycles. The summed E-state index contributed by atoms with van der Waals surface area (Å²) in [6.45, 7) is 2.02. The van der Waals surface area contributed by atoms with E-state index in [1.165, 1.54) is 7.11 Å². The summed E-state index contributed by atoms with van der Waals surface area (Å²) in [5.74, 6) is 0. The summed E-state index contributed by atoms with van der Waals surface area (Å²) in [6, 6.07) is 2.76. The van der Waals surface area contributed by atoms with Gasteiger partial charge in [0.05, 0.1) is 6.61 Å². The molecular weight excluding hydrogens is 388 g/mol. The Balaban J connectivity index is 3.13. The molecule has 0 bridgehead atoms. The van der Waals surface area contributed by atoms with Crippen molar-refractivity contribution in [2.75, 3.05) is 19.5 Å². The zero-order valence-corrected chi connectivity index (χ0v) is 13.9. The highest BCUT2D eigenvalue weighted by atomic mass is 79.9. The first-order valence-electron chi connectivity index (χ1n) is 5.03. The summed E-state index contributed by atoms with van der Waals surface area (Å²) in [7, 11) is -2.13. The van der Waals surface area contributed by atoms with Crippen molar-refractivity contribution >= 4 is 47.6 Å². The fourth-order valence-corrected chi connectivity index (χ4v) is 5.29. The standard InChI is InChI=1S/C10H14Br2N2O3S/c1-6(5-17-2)14-18(15,16)10-8(11)3-7(13)4-9(10)12/h3-4,6,14H,5,13H2,1-2H3. The van der Waals surface area contributed by atoms with Crippen molar-refractivity contribution in [1.29, 1.82) is 0 Å². The number of nitrogens with two attached hydrogens (primary N) is 1. The molecule has 8 heteroatoms. The zero-order valence-electron chi connectivity index (χ0n) is 9.91. The third kappa shape index (κ3) is 3.92. The average Bonchev–Trinajstić information content (AvgIpc) is 2.13. The second-order valence-corrected chi connectivity index (χ2v) is 7.15. The van der Waals surface area contributed by atoms with E-state index in [1.807, 2.05) is 0 Å². The summed E-state index contributed by atoms with van der Waals surface area (Å²) < 4.78 is 32.6. The highest BCUT2D eigenvalue weighted by Crippen LogP contribution is 2.32. The number of anilines is 1. The Morgan fingerprint density at radius 2 is 1.89 bits per heavy atom. The molecule has 0 saturated heterocycles. The molecule has 0 aliphatic rings. The minimum absolute atomic E-state index is 0.125. The molecule has 0 spiro atoms. The fourth-order valence-electron chi connectivity index (χ4n) is 1.44. The quantitative estimate of drug-likeness (QED) is 0.740. The number of ether oxygens (including phenoxy) is 1. The maximum Gasteiger partial charge on any atom is 0.243 e. The van der Waals surface area contributed by atoms with Crippen molar-refractivity contribution < 1.29 is 13.2 Å². The lowest BCUT2D eigenvalue weighted by atomic mass is 10.3. The summed E-state index contributed by atoms with van der Waals surface area (Å²) in [5.41, 5.74) is 6.10. The van der Waals surface area contributed by atoms with Gasteiger partial charge in [-0.1, -0.05) is 0 Å². The molecule has 1 aromatic carbocycles. The Kier molecular flexibility index (Phi) is 5.60. The van der Waals surface area contributed by atoms with E-state index in [0.29, 0.717) is 21.2 Å². The van der Waals surface area contributed by atoms with Gasteiger partial charge in [0.15, 0.2) is 0 Å². The van der Waals surface area contributed by atoms with E-state index in [-0.39, 0.29) is 10.9 Å². The van der Waals surface area contributed by atoms with Crippen molar-refractivity contribution in [2.45, 2.75) is 17.9 Å². The number of nitrogens with one attached hydrogen (secondary N) is 1. The number of nitrogen functional groups attached to an aromatic ring is 1. The summed E-state index contributed by atoms with van der Waals surface area (Å²) in [5, 5.41) is 0. The Labute approximate surface area is 123 Å². The van der Waals surface area contributed by atoms with E-state index in [4.69, 9.17) is 10.5 Å². The average molecular weight is 402 g/mol. The molecule has 0 aliphatic heterocycles. The number of halogens is 2. The van der Waals surface area contributed by atoms with Crippen molar-refractivity contribution in [3.63, 3.8) is 0 Å². The van der Waals surface area contributed by atoms with E-state index in [9.17, 15) is 8.42 Å². The third-order valence-corrected chi connectivity index (χ3v) is 5.53. The SMILES string of the molecule is COCC(C)NS(=O)(=O)c1c(Br)cc(N)cc1Br. The van der Waals surface area contributed by atoms with E-state index in [0.717, 1.165) is 0 Å². The number of hydrogen-bond donors (Lipinski definition) is 2. The lowest BCUT2D eigenvalue weighted by molar-refractivity contribution is 0.180. The smallest absolute Gasteiger partial charge is 0.243 e. The molecule has 0 aromatic heterocycles. The van der Waals surface area contributed by atoms with Crippen molar-refractivity contribution in [3.8, 4) is 0 Å². The highest BCUT2D eigenvalue weighted by Gasteiger charge is 2.23. The lowest BCUT2D eigenvalue weighted by Crippen LogP contribution is -2.35. The Morgan fingerprint density at radius 3 is 2.33 bits per heavy atom. The van der Waals surface area contributed by atoms with Crippen LogP contribution in [0, 0.1) is 0 Å². The highest BCUT2D eigenvalue weighted by molar-refractivity contribution is 9.11. The lowest BCUT2D eigenvalue weighted by Gasteiger charge is -2.15. The monoisotopic (exact) mass is 400 g/mol. The molecule has 0 fully saturated rings. The third-order valence-electron chi connectivity index (χ3n) is 2.06. The first-order chi connectivity index (χ1) is 8.27. The molecule has 102 valence electrons. The van der Waals surface area contributed by atoms with Crippen molar-refractivity contribution in [3.05, 3.63) is 21.1 Å². The van der Waals surface area contributed by atoms with Crippen LogP contribution in [0.15, 0.2) is 26.0 Å². The molecular formula is C10H14Br2N2O3S. The molecule has 3 N–H and O–H groups in total. The van der Waals surface area contributed by atoms with E-state index < -0.39 is 10.0 Å². The van der Waals surface area contributed by atoms with Crippen LogP contribution in [0.5, 0.6) is 0 Å². The Hall–Kier alpha value is -0.150. The fraction of sp³-hybridized carbons (Fsp3) is 0.400. The number of hydrogen-bond acceptors (Lipinski definition) is 4. The maximum absolute atomic E-state index is 12.2. The number of benzene rings is 1. The van der Waals surface area contributed by atoms with Gasteiger partial charge in [0.1, 0.15) is 4.90 Å². The minimum atomic E-state index is -3.64. The van der Waals surface area contributed by atoms with Gasteiger partial charge in [0, 0.05) is 27.8 Å². The normalized spacial score (nSPS) is 13.6. The molecule has 0 heterocycles. The predicted octanol–water partition coefficient (Wildman–Crippen LogP) is 2.11. The zero-order chi connectivity index (χ0) is 13.9. The van der Waals surface area contributed by atoms with Crippen LogP contribution in [0.3, 0.4) is 0 Å². The molecule has 0 radical (unpaired) electrons. The first kappa shape index (κ1) is 15.9. The number of rotatable bonds is 5. The van der Waals surface area contributed by atoms with Gasteiger partial charge in [0.25, 0.3) is 0 Å². The van der Waals surface area contributed by atoms with Crippen molar-refractivity contribution in [2.24, 2.45) is 0 Å². The van der Waals surface area contributed by atoms with Crippen LogP contribution in [0.1, 0.15) is 6.92 Å². The molecule has 18 heavy (non-hydrogen) atoms. The predicted molar refractivity (Wildman–Crippen MR) is 77.9 cm³/mol. The summed E-state index contributed by atoms with van der Waals surface area (Å²) in [4.78, 5) is 0.125. The summed E-state index contributed by atoms with van der Waals surface area (Å²) in [6.07, 6.45) is 0. The van der Waals surface area contributed by atoms with Crippen LogP contribution in [-0.4, -0.2) is 28.2 Å². The second-order valence-electron chi connectivity index (χ2n) is 3.79. The molecule has 5 nitrogen and oxygen atoms in total. The maximum atomic E-state index is 12.2. The van der Waals surface area contributed by atoms with Gasteiger partial charge < -0.3 is 10.5 Å². The minimum Gasteiger partial charge on any atom is -0.399 e. The van der Waals surface area contributed by atoms with Gasteiger partial charge in [-0.25, -0.2) is 13.1 Å². The van der Waals surface area contributed by atoms with Crippen LogP contribution in [0.2, 0.25) is 0 Å². The first-order valence-corrected chi connectivity index (χ1v) is 8.10. The van der Waals surface area contributed by atoms with Crippen LogP contribution in [0.25, 0.3) is 0 Å². The van der Waals surface area contributed by atoms with Gasteiger partial charge in [-0.15, -0.1) is 0 Å². The molecule has 0 saturated carbocycles. The van der Waals surface area contributed by atoms with Gasteiger partial charge in [-0.3, -0.25) is 0 Å². The van der Waals surface area contributed by atoms with Crippen LogP contribution in [-0.2, 0) is 14.8 Å². The van der Waals surface area contributed by atoms with Gasteiger partial charge in [-0.2, -0.15) is 0 Å². The van der Waals surface area contributed by atoms with E-state index >= 15 is 0 Å². The summed E-state index contributed by atoms with van der Waals surface area (Å²) >= 11 is 6.40. The van der Waals surface area contributed by atoms with Crippen LogP contribution >= 0.6 is 31.9 Å². The molecule has 1 unspecified atom stereocenters.